The Morgan fingerprint density at radius 2 is 1.86 bits per heavy atom. The van der Waals surface area contributed by atoms with Gasteiger partial charge >= 0.3 is 0 Å². The Bertz CT molecular complexity index is 1190. The van der Waals surface area contributed by atoms with Gasteiger partial charge in [-0.3, -0.25) is 0 Å². The van der Waals surface area contributed by atoms with Gasteiger partial charge in [0.05, 0.1) is 5.69 Å². The van der Waals surface area contributed by atoms with Gasteiger partial charge in [0.15, 0.2) is 5.82 Å². The highest BCUT2D eigenvalue weighted by atomic mass is 35.5. The molecule has 10 heteroatoms. The van der Waals surface area contributed by atoms with Gasteiger partial charge in [0.2, 0.25) is 0 Å². The van der Waals surface area contributed by atoms with E-state index in [0.717, 1.165) is 54.5 Å². The molecule has 0 spiro atoms. The van der Waals surface area contributed by atoms with Crippen molar-refractivity contribution in [1.29, 1.82) is 0 Å². The molecule has 1 saturated heterocycles. The van der Waals surface area contributed by atoms with Crippen molar-refractivity contribution in [2.75, 3.05) is 64.4 Å². The molecule has 0 amide bonds. The molecule has 37 heavy (non-hydrogen) atoms. The molecule has 1 aromatic carbocycles. The van der Waals surface area contributed by atoms with Crippen molar-refractivity contribution in [3.8, 4) is 28.4 Å². The highest BCUT2D eigenvalue weighted by Crippen LogP contribution is 2.32. The second kappa shape index (κ2) is 12.5. The minimum atomic E-state index is -0.635. The smallest absolute Gasteiger partial charge is 0.162 e. The number of anilines is 2. The Morgan fingerprint density at radius 3 is 2.59 bits per heavy atom. The lowest BCUT2D eigenvalue weighted by Crippen LogP contribution is -2.37. The summed E-state index contributed by atoms with van der Waals surface area (Å²) in [5, 5.41) is 13.5. The maximum absolute atomic E-state index is 10.0. The third-order valence-electron chi connectivity index (χ3n) is 6.32. The summed E-state index contributed by atoms with van der Waals surface area (Å²) in [6.07, 6.45) is 3.03. The van der Waals surface area contributed by atoms with Crippen LogP contribution in [0.3, 0.4) is 0 Å². The fourth-order valence-corrected chi connectivity index (χ4v) is 4.46. The summed E-state index contributed by atoms with van der Waals surface area (Å²) in [5.74, 6) is 2.75. The normalized spacial score (nSPS) is 14.9. The number of nitrogens with one attached hydrogen (secondary N) is 1. The average molecular weight is 527 g/mol. The predicted molar refractivity (Wildman–Crippen MR) is 148 cm³/mol. The second-order valence-corrected chi connectivity index (χ2v) is 9.82. The quantitative estimate of drug-likeness (QED) is 0.411. The van der Waals surface area contributed by atoms with Gasteiger partial charge in [-0.25, -0.2) is 15.0 Å². The van der Waals surface area contributed by atoms with Crippen molar-refractivity contribution in [3.05, 3.63) is 47.6 Å². The van der Waals surface area contributed by atoms with Crippen LogP contribution in [0.4, 0.5) is 11.6 Å². The Kier molecular flexibility index (Phi) is 9.15. The number of nitrogens with zero attached hydrogens (tertiary/aromatic N) is 5. The summed E-state index contributed by atoms with van der Waals surface area (Å²) >= 11 is 6.46. The number of aliphatic hydroxyl groups excluding tert-OH is 1. The molecule has 0 bridgehead atoms. The van der Waals surface area contributed by atoms with E-state index < -0.39 is 6.10 Å². The van der Waals surface area contributed by atoms with E-state index >= 15 is 0 Å². The Balaban J connectivity index is 1.74. The molecule has 2 aromatic heterocycles. The van der Waals surface area contributed by atoms with Crippen molar-refractivity contribution in [1.82, 2.24) is 20.3 Å². The Morgan fingerprint density at radius 1 is 1.08 bits per heavy atom. The molecule has 1 aliphatic rings. The minimum Gasteiger partial charge on any atom is -0.491 e. The molecule has 0 saturated carbocycles. The maximum atomic E-state index is 10.0. The van der Waals surface area contributed by atoms with E-state index in [1.54, 1.807) is 19.3 Å². The number of aliphatic hydroxyl groups is 1. The van der Waals surface area contributed by atoms with Crippen LogP contribution in [0.2, 0.25) is 5.02 Å². The topological polar surface area (TPSA) is 95.9 Å². The van der Waals surface area contributed by atoms with Crippen LogP contribution in [-0.2, 0) is 4.74 Å². The van der Waals surface area contributed by atoms with Crippen molar-refractivity contribution < 1.29 is 14.6 Å². The van der Waals surface area contributed by atoms with E-state index in [-0.39, 0.29) is 6.61 Å². The van der Waals surface area contributed by atoms with Crippen LogP contribution in [0.5, 0.6) is 5.75 Å². The summed E-state index contributed by atoms with van der Waals surface area (Å²) in [6, 6.07) is 11.7. The Labute approximate surface area is 223 Å². The van der Waals surface area contributed by atoms with E-state index in [1.807, 2.05) is 49.3 Å². The molecule has 9 nitrogen and oxygen atoms in total. The second-order valence-electron chi connectivity index (χ2n) is 9.38. The van der Waals surface area contributed by atoms with Crippen LogP contribution in [0, 0.1) is 0 Å². The van der Waals surface area contributed by atoms with E-state index in [9.17, 15) is 5.11 Å². The number of rotatable bonds is 10. The van der Waals surface area contributed by atoms with Crippen molar-refractivity contribution in [2.45, 2.75) is 25.0 Å². The lowest BCUT2D eigenvalue weighted by atomic mass is 10.1. The summed E-state index contributed by atoms with van der Waals surface area (Å²) < 4.78 is 11.4. The molecule has 2 N–H and O–H groups in total. The number of benzene rings is 1. The van der Waals surface area contributed by atoms with Gasteiger partial charge in [-0.1, -0.05) is 11.6 Å². The molecule has 1 fully saturated rings. The van der Waals surface area contributed by atoms with Gasteiger partial charge in [0.25, 0.3) is 0 Å². The highest BCUT2D eigenvalue weighted by molar-refractivity contribution is 6.31. The summed E-state index contributed by atoms with van der Waals surface area (Å²) in [7, 11) is 7.77. The number of pyridine rings is 1. The summed E-state index contributed by atoms with van der Waals surface area (Å²) in [6.45, 7) is 2.06. The van der Waals surface area contributed by atoms with Crippen LogP contribution >= 0.6 is 11.6 Å². The van der Waals surface area contributed by atoms with E-state index in [0.29, 0.717) is 29.2 Å². The number of hydrogen-bond acceptors (Lipinski definition) is 9. The zero-order valence-corrected chi connectivity index (χ0v) is 22.6. The van der Waals surface area contributed by atoms with Gasteiger partial charge in [-0.15, -0.1) is 0 Å². The van der Waals surface area contributed by atoms with Crippen LogP contribution in [0.15, 0.2) is 42.6 Å². The molecular formula is C27H35ClN6O3. The first-order chi connectivity index (χ1) is 17.8. The molecule has 1 atom stereocenters. The number of likely N-dealkylation sites (N-methyl/N-ethyl adjacent to an activating group) is 1. The van der Waals surface area contributed by atoms with Crippen LogP contribution in [-0.4, -0.2) is 86.8 Å². The minimum absolute atomic E-state index is 0.142. The molecule has 0 unspecified atom stereocenters. The van der Waals surface area contributed by atoms with Crippen molar-refractivity contribution in [3.63, 3.8) is 0 Å². The molecule has 3 aromatic rings. The molecule has 3 heterocycles. The molecular weight excluding hydrogens is 492 g/mol. The number of ether oxygens (including phenoxy) is 2. The van der Waals surface area contributed by atoms with E-state index in [2.05, 4.69) is 22.2 Å². The van der Waals surface area contributed by atoms with E-state index in [4.69, 9.17) is 31.0 Å². The Hall–Kier alpha value is -2.98. The van der Waals surface area contributed by atoms with Gasteiger partial charge in [0.1, 0.15) is 30.1 Å². The maximum Gasteiger partial charge on any atom is 0.162 e. The van der Waals surface area contributed by atoms with Gasteiger partial charge in [-0.05, 0) is 50.2 Å². The first kappa shape index (κ1) is 27.1. The fraction of sp³-hybridized carbons (Fsp3) is 0.444. The largest absolute Gasteiger partial charge is 0.491 e. The monoisotopic (exact) mass is 526 g/mol. The third-order valence-corrected chi connectivity index (χ3v) is 6.54. The number of aromatic nitrogens is 3. The molecule has 4 rings (SSSR count). The van der Waals surface area contributed by atoms with Crippen LogP contribution < -0.4 is 19.9 Å². The van der Waals surface area contributed by atoms with E-state index in [1.165, 1.54) is 0 Å². The van der Waals surface area contributed by atoms with Crippen molar-refractivity contribution in [2.24, 2.45) is 0 Å². The predicted octanol–water partition coefficient (Wildman–Crippen LogP) is 3.50. The number of hydrogen-bond donors (Lipinski definition) is 2. The average Bonchev–Trinajstić information content (AvgIpc) is 2.91. The number of halogens is 1. The summed E-state index contributed by atoms with van der Waals surface area (Å²) in [4.78, 5) is 18.5. The molecule has 1 aliphatic heterocycles. The first-order valence-corrected chi connectivity index (χ1v) is 12.8. The van der Waals surface area contributed by atoms with Crippen LogP contribution in [0.25, 0.3) is 22.6 Å². The third kappa shape index (κ3) is 7.07. The molecule has 0 radical (unpaired) electrons. The lowest BCUT2D eigenvalue weighted by Gasteiger charge is -2.32. The SMILES string of the molecule is CNC[C@H](O)COc1cc(Cl)cc(-c2nc(-c3ccnc(N(C)C)c3)cc(N(C)C3CCOCC3)n2)c1. The highest BCUT2D eigenvalue weighted by Gasteiger charge is 2.22. The molecule has 0 aliphatic carbocycles. The van der Waals surface area contributed by atoms with Gasteiger partial charge < -0.3 is 29.7 Å². The standard InChI is InChI=1S/C27H35ClN6O3/c1-29-16-22(35)17-37-23-12-19(11-20(28)14-23)27-31-24(18-5-8-30-25(13-18)33(2)3)15-26(32-27)34(4)21-6-9-36-10-7-21/h5,8,11-15,21-22,29,35H,6-7,9-10,16-17H2,1-4H3/t22-/m0/s1. The van der Waals surface area contributed by atoms with Crippen LogP contribution in [0.1, 0.15) is 12.8 Å². The van der Waals surface area contributed by atoms with Gasteiger partial charge in [0, 0.05) is 75.4 Å². The van der Waals surface area contributed by atoms with Gasteiger partial charge in [-0.2, -0.15) is 0 Å². The fourth-order valence-electron chi connectivity index (χ4n) is 4.24. The zero-order chi connectivity index (χ0) is 26.4. The van der Waals surface area contributed by atoms with Crippen molar-refractivity contribution >= 4 is 23.2 Å². The molecule has 198 valence electrons. The summed E-state index contributed by atoms with van der Waals surface area (Å²) in [5.41, 5.74) is 2.46. The zero-order valence-electron chi connectivity index (χ0n) is 21.8. The first-order valence-electron chi connectivity index (χ1n) is 12.4. The lowest BCUT2D eigenvalue weighted by molar-refractivity contribution is 0.0853.